The van der Waals surface area contributed by atoms with Crippen molar-refractivity contribution in [3.05, 3.63) is 58.5 Å². The number of benzene rings is 1. The third-order valence-electron chi connectivity index (χ3n) is 3.54. The van der Waals surface area contributed by atoms with Crippen molar-refractivity contribution in [3.8, 4) is 5.75 Å². The molecule has 1 aromatic carbocycles. The molecule has 0 fully saturated rings. The molecule has 0 spiro atoms. The van der Waals surface area contributed by atoms with E-state index in [-0.39, 0.29) is 17.0 Å². The molecule has 0 radical (unpaired) electrons. The summed E-state index contributed by atoms with van der Waals surface area (Å²) in [4.78, 5) is 35.7. The van der Waals surface area contributed by atoms with Gasteiger partial charge < -0.3 is 14.6 Å². The smallest absolute Gasteiger partial charge is 0.274 e. The zero-order chi connectivity index (χ0) is 17.7. The van der Waals surface area contributed by atoms with Crippen LogP contribution in [0.15, 0.2) is 47.4 Å². The number of pyridine rings is 1. The Balaban J connectivity index is 2.09. The number of aromatic nitrogens is 1. The maximum atomic E-state index is 12.2. The Bertz CT molecular complexity index is 811. The Morgan fingerprint density at radius 1 is 1.25 bits per heavy atom. The lowest BCUT2D eigenvalue weighted by Gasteiger charge is -2.15. The summed E-state index contributed by atoms with van der Waals surface area (Å²) in [7, 11) is 0. The van der Waals surface area contributed by atoms with Crippen LogP contribution in [0.4, 0.5) is 5.69 Å². The fraction of sp³-hybridized carbons (Fsp3) is 0.278. The first kappa shape index (κ1) is 17.5. The maximum absolute atomic E-state index is 12.2. The Kier molecular flexibility index (Phi) is 5.52. The molecule has 0 saturated heterocycles. The zero-order valence-corrected chi connectivity index (χ0v) is 13.9. The predicted octanol–water partition coefficient (Wildman–Crippen LogP) is 2.48. The number of aryl methyl sites for hydroxylation is 1. The quantitative estimate of drug-likeness (QED) is 0.826. The lowest BCUT2D eigenvalue weighted by atomic mass is 10.1. The van der Waals surface area contributed by atoms with E-state index in [1.54, 1.807) is 49.5 Å². The number of anilines is 1. The van der Waals surface area contributed by atoms with E-state index >= 15 is 0 Å². The van der Waals surface area contributed by atoms with Gasteiger partial charge in [0.1, 0.15) is 11.4 Å². The molecule has 126 valence electrons. The second kappa shape index (κ2) is 7.59. The second-order valence-corrected chi connectivity index (χ2v) is 5.35. The molecule has 1 N–H and O–H groups in total. The van der Waals surface area contributed by atoms with E-state index in [4.69, 9.17) is 4.74 Å². The van der Waals surface area contributed by atoms with Crippen LogP contribution in [0.5, 0.6) is 5.75 Å². The average molecular weight is 328 g/mol. The molecule has 2 rings (SSSR count). The van der Waals surface area contributed by atoms with E-state index in [0.29, 0.717) is 17.9 Å². The molecule has 0 aliphatic carbocycles. The van der Waals surface area contributed by atoms with Gasteiger partial charge in [0.05, 0.1) is 0 Å². The van der Waals surface area contributed by atoms with Gasteiger partial charge in [-0.05, 0) is 45.0 Å². The van der Waals surface area contributed by atoms with E-state index in [0.717, 1.165) is 0 Å². The van der Waals surface area contributed by atoms with Crippen molar-refractivity contribution < 1.29 is 14.3 Å². The van der Waals surface area contributed by atoms with Gasteiger partial charge in [-0.3, -0.25) is 14.4 Å². The molecule has 0 bridgehead atoms. The Labute approximate surface area is 140 Å². The van der Waals surface area contributed by atoms with Crippen molar-refractivity contribution in [2.75, 3.05) is 5.32 Å². The molecule has 0 aliphatic rings. The molecule has 0 saturated carbocycles. The van der Waals surface area contributed by atoms with Crippen LogP contribution in [0, 0.1) is 0 Å². The zero-order valence-electron chi connectivity index (χ0n) is 13.9. The Hall–Kier alpha value is -2.89. The highest BCUT2D eigenvalue weighted by molar-refractivity contribution is 5.95. The molecule has 1 unspecified atom stereocenters. The van der Waals surface area contributed by atoms with Crippen LogP contribution in [0.25, 0.3) is 0 Å². The third kappa shape index (κ3) is 4.10. The van der Waals surface area contributed by atoms with E-state index in [1.165, 1.54) is 11.5 Å². The van der Waals surface area contributed by atoms with Gasteiger partial charge in [0.2, 0.25) is 0 Å². The molecule has 6 nitrogen and oxygen atoms in total. The first-order valence-electron chi connectivity index (χ1n) is 7.70. The number of carbonyl (C=O) groups is 2. The molecule has 24 heavy (non-hydrogen) atoms. The Morgan fingerprint density at radius 2 is 2.00 bits per heavy atom. The summed E-state index contributed by atoms with van der Waals surface area (Å²) in [5, 5.41) is 2.58. The summed E-state index contributed by atoms with van der Waals surface area (Å²) in [5.41, 5.74) is 0.449. The van der Waals surface area contributed by atoms with Crippen molar-refractivity contribution >= 4 is 17.4 Å². The van der Waals surface area contributed by atoms with Crippen LogP contribution in [-0.2, 0) is 11.3 Å². The summed E-state index contributed by atoms with van der Waals surface area (Å²) in [6, 6.07) is 9.87. The van der Waals surface area contributed by atoms with Gasteiger partial charge in [0, 0.05) is 18.3 Å². The minimum Gasteiger partial charge on any atom is -0.481 e. The first-order valence-corrected chi connectivity index (χ1v) is 7.70. The van der Waals surface area contributed by atoms with E-state index < -0.39 is 12.0 Å². The van der Waals surface area contributed by atoms with E-state index in [1.807, 2.05) is 6.92 Å². The number of rotatable bonds is 6. The molecule has 1 heterocycles. The summed E-state index contributed by atoms with van der Waals surface area (Å²) >= 11 is 0. The summed E-state index contributed by atoms with van der Waals surface area (Å²) in [5.74, 6) is -0.0967. The number of amides is 1. The van der Waals surface area contributed by atoms with Crippen molar-refractivity contribution in [3.63, 3.8) is 0 Å². The topological polar surface area (TPSA) is 77.4 Å². The van der Waals surface area contributed by atoms with Gasteiger partial charge >= 0.3 is 0 Å². The van der Waals surface area contributed by atoms with Gasteiger partial charge in [0.25, 0.3) is 11.5 Å². The molecule has 0 aliphatic heterocycles. The third-order valence-corrected chi connectivity index (χ3v) is 3.54. The largest absolute Gasteiger partial charge is 0.481 e. The van der Waals surface area contributed by atoms with Crippen molar-refractivity contribution in [2.45, 2.75) is 33.4 Å². The molecular weight excluding hydrogens is 308 g/mol. The lowest BCUT2D eigenvalue weighted by molar-refractivity contribution is -0.122. The summed E-state index contributed by atoms with van der Waals surface area (Å²) in [6.45, 7) is 5.41. The van der Waals surface area contributed by atoms with Crippen molar-refractivity contribution in [1.29, 1.82) is 0 Å². The number of hydrogen-bond donors (Lipinski definition) is 1. The van der Waals surface area contributed by atoms with Crippen molar-refractivity contribution in [1.82, 2.24) is 4.57 Å². The number of Topliss-reactive ketones (excluding diaryl/α,β-unsaturated/α-hetero) is 1. The van der Waals surface area contributed by atoms with Crippen LogP contribution >= 0.6 is 0 Å². The lowest BCUT2D eigenvalue weighted by Crippen LogP contribution is -2.33. The summed E-state index contributed by atoms with van der Waals surface area (Å²) < 4.78 is 7.06. The van der Waals surface area contributed by atoms with Crippen molar-refractivity contribution in [2.24, 2.45) is 0 Å². The van der Waals surface area contributed by atoms with Gasteiger partial charge in [-0.1, -0.05) is 12.1 Å². The van der Waals surface area contributed by atoms with Gasteiger partial charge in [-0.2, -0.15) is 0 Å². The standard InChI is InChI=1S/C18H20N2O4/c1-4-20-10-6-9-16(18(20)23)19-17(22)13(3)24-15-8-5-7-14(11-15)12(2)21/h5-11,13H,4H2,1-3H3,(H,19,22). The highest BCUT2D eigenvalue weighted by Crippen LogP contribution is 2.16. The number of carbonyl (C=O) groups excluding carboxylic acids is 2. The average Bonchev–Trinajstić information content (AvgIpc) is 2.56. The fourth-order valence-corrected chi connectivity index (χ4v) is 2.16. The Morgan fingerprint density at radius 3 is 2.67 bits per heavy atom. The number of hydrogen-bond acceptors (Lipinski definition) is 4. The highest BCUT2D eigenvalue weighted by atomic mass is 16.5. The number of nitrogens with zero attached hydrogens (tertiary/aromatic N) is 1. The minimum atomic E-state index is -0.818. The fourth-order valence-electron chi connectivity index (χ4n) is 2.16. The first-order chi connectivity index (χ1) is 11.4. The number of nitrogens with one attached hydrogen (secondary N) is 1. The van der Waals surface area contributed by atoms with Crippen LogP contribution in [0.2, 0.25) is 0 Å². The second-order valence-electron chi connectivity index (χ2n) is 5.35. The molecule has 1 amide bonds. The van der Waals surface area contributed by atoms with Crippen LogP contribution in [0.3, 0.4) is 0 Å². The SMILES string of the molecule is CCn1cccc(NC(=O)C(C)Oc2cccc(C(C)=O)c2)c1=O. The van der Waals surface area contributed by atoms with E-state index in [9.17, 15) is 14.4 Å². The molecule has 6 heteroatoms. The summed E-state index contributed by atoms with van der Waals surface area (Å²) in [6.07, 6.45) is 0.840. The minimum absolute atomic E-state index is 0.0815. The molecule has 2 aromatic rings. The highest BCUT2D eigenvalue weighted by Gasteiger charge is 2.17. The van der Waals surface area contributed by atoms with Gasteiger partial charge in [0.15, 0.2) is 11.9 Å². The molecular formula is C18H20N2O4. The van der Waals surface area contributed by atoms with Gasteiger partial charge in [-0.15, -0.1) is 0 Å². The predicted molar refractivity (Wildman–Crippen MR) is 91.5 cm³/mol. The molecule has 1 aromatic heterocycles. The number of ketones is 1. The van der Waals surface area contributed by atoms with Crippen LogP contribution in [0.1, 0.15) is 31.1 Å². The van der Waals surface area contributed by atoms with E-state index in [2.05, 4.69) is 5.32 Å². The van der Waals surface area contributed by atoms with Crippen LogP contribution < -0.4 is 15.6 Å². The normalized spacial score (nSPS) is 11.6. The molecule has 1 atom stereocenters. The monoisotopic (exact) mass is 328 g/mol. The van der Waals surface area contributed by atoms with Gasteiger partial charge in [-0.25, -0.2) is 0 Å². The number of ether oxygens (including phenoxy) is 1. The maximum Gasteiger partial charge on any atom is 0.274 e. The van der Waals surface area contributed by atoms with Crippen LogP contribution in [-0.4, -0.2) is 22.4 Å².